The average molecular weight is 242 g/mol. The van der Waals surface area contributed by atoms with Gasteiger partial charge in [-0.15, -0.1) is 0 Å². The third-order valence-corrected chi connectivity index (χ3v) is 2.50. The van der Waals surface area contributed by atoms with Crippen LogP contribution in [0.15, 0.2) is 18.3 Å². The van der Waals surface area contributed by atoms with Gasteiger partial charge in [-0.25, -0.2) is 4.98 Å². The second-order valence-corrected chi connectivity index (χ2v) is 4.12. The van der Waals surface area contributed by atoms with Gasteiger partial charge in [-0.3, -0.25) is 4.79 Å². The van der Waals surface area contributed by atoms with Crippen molar-refractivity contribution in [2.45, 2.75) is 19.8 Å². The van der Waals surface area contributed by atoms with E-state index in [1.165, 1.54) is 0 Å². The molecule has 0 spiro atoms. The van der Waals surface area contributed by atoms with Gasteiger partial charge in [0.25, 0.3) is 0 Å². The molecule has 1 aromatic heterocycles. The van der Waals surface area contributed by atoms with Crippen LogP contribution in [0.25, 0.3) is 0 Å². The van der Waals surface area contributed by atoms with Gasteiger partial charge in [0.15, 0.2) is 0 Å². The highest BCUT2D eigenvalue weighted by atomic mass is 35.5. The number of nitrogens with zero attached hydrogens (tertiary/aromatic N) is 1. The van der Waals surface area contributed by atoms with Crippen LogP contribution >= 0.6 is 11.6 Å². The van der Waals surface area contributed by atoms with Crippen LogP contribution in [0.5, 0.6) is 0 Å². The minimum atomic E-state index is -0.0654. The van der Waals surface area contributed by atoms with Crippen LogP contribution < -0.4 is 11.1 Å². The molecule has 0 radical (unpaired) electrons. The van der Waals surface area contributed by atoms with Crippen molar-refractivity contribution in [2.24, 2.45) is 11.7 Å². The van der Waals surface area contributed by atoms with Crippen molar-refractivity contribution in [1.82, 2.24) is 4.98 Å². The molecule has 5 heteroatoms. The average Bonchev–Trinajstić information content (AvgIpc) is 2.25. The molecule has 1 aromatic rings. The van der Waals surface area contributed by atoms with E-state index in [-0.39, 0.29) is 11.8 Å². The summed E-state index contributed by atoms with van der Waals surface area (Å²) < 4.78 is 0. The van der Waals surface area contributed by atoms with Crippen molar-refractivity contribution in [1.29, 1.82) is 0 Å². The number of nitrogens with two attached hydrogens (primary N) is 1. The molecule has 1 heterocycles. The molecule has 16 heavy (non-hydrogen) atoms. The SMILES string of the molecule is CC(CCCN)C(=O)Nc1cc(Cl)ccn1. The molecule has 4 nitrogen and oxygen atoms in total. The Morgan fingerprint density at radius 3 is 3.06 bits per heavy atom. The Hall–Kier alpha value is -1.13. The first kappa shape index (κ1) is 12.9. The predicted octanol–water partition coefficient (Wildman–Crippen LogP) is 2.05. The molecule has 0 aliphatic heterocycles. The Morgan fingerprint density at radius 1 is 1.69 bits per heavy atom. The summed E-state index contributed by atoms with van der Waals surface area (Å²) in [6.07, 6.45) is 3.18. The lowest BCUT2D eigenvalue weighted by molar-refractivity contribution is -0.119. The van der Waals surface area contributed by atoms with Crippen molar-refractivity contribution in [3.8, 4) is 0 Å². The van der Waals surface area contributed by atoms with Crippen LogP contribution in [0.1, 0.15) is 19.8 Å². The van der Waals surface area contributed by atoms with Crippen molar-refractivity contribution in [2.75, 3.05) is 11.9 Å². The van der Waals surface area contributed by atoms with E-state index in [2.05, 4.69) is 10.3 Å². The first-order chi connectivity index (χ1) is 7.63. The highest BCUT2D eigenvalue weighted by Gasteiger charge is 2.12. The normalized spacial score (nSPS) is 12.2. The Labute approximate surface area is 100 Å². The van der Waals surface area contributed by atoms with Gasteiger partial charge < -0.3 is 11.1 Å². The molecule has 88 valence electrons. The van der Waals surface area contributed by atoms with Crippen molar-refractivity contribution in [3.63, 3.8) is 0 Å². The standard InChI is InChI=1S/C11H16ClN3O/c1-8(3-2-5-13)11(16)15-10-7-9(12)4-6-14-10/h4,6-8H,2-3,5,13H2,1H3,(H,14,15,16). The van der Waals surface area contributed by atoms with Crippen LogP contribution in [0.2, 0.25) is 5.02 Å². The number of pyridine rings is 1. The molecule has 0 bridgehead atoms. The molecule has 1 atom stereocenters. The number of aromatic nitrogens is 1. The van der Waals surface area contributed by atoms with E-state index in [0.29, 0.717) is 17.4 Å². The zero-order valence-electron chi connectivity index (χ0n) is 9.24. The summed E-state index contributed by atoms with van der Waals surface area (Å²) >= 11 is 5.78. The first-order valence-electron chi connectivity index (χ1n) is 5.26. The van der Waals surface area contributed by atoms with E-state index in [1.807, 2.05) is 6.92 Å². The summed E-state index contributed by atoms with van der Waals surface area (Å²) in [7, 11) is 0. The zero-order valence-corrected chi connectivity index (χ0v) is 10.00. The van der Waals surface area contributed by atoms with Crippen LogP contribution in [0.3, 0.4) is 0 Å². The molecule has 0 saturated heterocycles. The summed E-state index contributed by atoms with van der Waals surface area (Å²) in [5, 5.41) is 3.27. The number of rotatable bonds is 5. The van der Waals surface area contributed by atoms with Gasteiger partial charge in [-0.1, -0.05) is 18.5 Å². The zero-order chi connectivity index (χ0) is 12.0. The number of carbonyl (C=O) groups is 1. The number of nitrogens with one attached hydrogen (secondary N) is 1. The van der Waals surface area contributed by atoms with Crippen molar-refractivity contribution < 1.29 is 4.79 Å². The maximum absolute atomic E-state index is 11.7. The van der Waals surface area contributed by atoms with E-state index < -0.39 is 0 Å². The van der Waals surface area contributed by atoms with E-state index in [0.717, 1.165) is 12.8 Å². The quantitative estimate of drug-likeness (QED) is 0.829. The molecule has 1 amide bonds. The fraction of sp³-hybridized carbons (Fsp3) is 0.455. The second kappa shape index (κ2) is 6.45. The van der Waals surface area contributed by atoms with Gasteiger partial charge in [0.2, 0.25) is 5.91 Å². The number of hydrogen-bond acceptors (Lipinski definition) is 3. The summed E-state index contributed by atoms with van der Waals surface area (Å²) in [6.45, 7) is 2.47. The van der Waals surface area contributed by atoms with Crippen molar-refractivity contribution in [3.05, 3.63) is 23.4 Å². The largest absolute Gasteiger partial charge is 0.330 e. The number of amides is 1. The lowest BCUT2D eigenvalue weighted by Crippen LogP contribution is -2.21. The summed E-state index contributed by atoms with van der Waals surface area (Å²) in [5.41, 5.74) is 5.39. The second-order valence-electron chi connectivity index (χ2n) is 3.68. The monoisotopic (exact) mass is 241 g/mol. The molecular formula is C11H16ClN3O. The molecule has 0 aromatic carbocycles. The van der Waals surface area contributed by atoms with Gasteiger partial charge in [0.1, 0.15) is 5.82 Å². The predicted molar refractivity (Wildman–Crippen MR) is 65.3 cm³/mol. The number of hydrogen-bond donors (Lipinski definition) is 2. The maximum Gasteiger partial charge on any atom is 0.228 e. The van der Waals surface area contributed by atoms with Gasteiger partial charge in [0, 0.05) is 17.1 Å². The third kappa shape index (κ3) is 4.16. The number of halogens is 1. The topological polar surface area (TPSA) is 68.0 Å². The molecule has 0 aliphatic rings. The molecule has 1 unspecified atom stereocenters. The van der Waals surface area contributed by atoms with E-state index in [9.17, 15) is 4.79 Å². The van der Waals surface area contributed by atoms with E-state index in [1.54, 1.807) is 18.3 Å². The molecule has 0 saturated carbocycles. The fourth-order valence-electron chi connectivity index (χ4n) is 1.28. The van der Waals surface area contributed by atoms with E-state index in [4.69, 9.17) is 17.3 Å². The van der Waals surface area contributed by atoms with Gasteiger partial charge >= 0.3 is 0 Å². The Bertz CT molecular complexity index is 357. The molecule has 3 N–H and O–H groups in total. The van der Waals surface area contributed by atoms with Crippen LogP contribution in [0.4, 0.5) is 5.82 Å². The molecular weight excluding hydrogens is 226 g/mol. The molecule has 0 aliphatic carbocycles. The maximum atomic E-state index is 11.7. The Balaban J connectivity index is 2.50. The van der Waals surface area contributed by atoms with E-state index >= 15 is 0 Å². The van der Waals surface area contributed by atoms with Crippen LogP contribution in [-0.2, 0) is 4.79 Å². The number of anilines is 1. The first-order valence-corrected chi connectivity index (χ1v) is 5.63. The highest BCUT2D eigenvalue weighted by Crippen LogP contribution is 2.13. The van der Waals surface area contributed by atoms with Crippen molar-refractivity contribution >= 4 is 23.3 Å². The van der Waals surface area contributed by atoms with Gasteiger partial charge in [0.05, 0.1) is 0 Å². The minimum Gasteiger partial charge on any atom is -0.330 e. The summed E-state index contributed by atoms with van der Waals surface area (Å²) in [6, 6.07) is 3.28. The number of carbonyl (C=O) groups excluding carboxylic acids is 1. The lowest BCUT2D eigenvalue weighted by Gasteiger charge is -2.10. The summed E-state index contributed by atoms with van der Waals surface area (Å²) in [5.74, 6) is 0.365. The Morgan fingerprint density at radius 2 is 2.44 bits per heavy atom. The van der Waals surface area contributed by atoms with Gasteiger partial charge in [-0.05, 0) is 31.5 Å². The van der Waals surface area contributed by atoms with Crippen LogP contribution in [0, 0.1) is 5.92 Å². The minimum absolute atomic E-state index is 0.0526. The fourth-order valence-corrected chi connectivity index (χ4v) is 1.44. The summed E-state index contributed by atoms with van der Waals surface area (Å²) in [4.78, 5) is 15.7. The lowest BCUT2D eigenvalue weighted by atomic mass is 10.1. The van der Waals surface area contributed by atoms with Crippen LogP contribution in [-0.4, -0.2) is 17.4 Å². The molecule has 1 rings (SSSR count). The Kier molecular flexibility index (Phi) is 5.22. The molecule has 0 fully saturated rings. The van der Waals surface area contributed by atoms with Gasteiger partial charge in [-0.2, -0.15) is 0 Å². The highest BCUT2D eigenvalue weighted by molar-refractivity contribution is 6.30. The smallest absolute Gasteiger partial charge is 0.228 e. The third-order valence-electron chi connectivity index (χ3n) is 2.26.